The van der Waals surface area contributed by atoms with Gasteiger partial charge in [-0.3, -0.25) is 4.79 Å². The van der Waals surface area contributed by atoms with Gasteiger partial charge >= 0.3 is 5.97 Å². The number of carboxylic acids is 1. The Morgan fingerprint density at radius 1 is 1.11 bits per heavy atom. The molecule has 4 rings (SSSR count). The van der Waals surface area contributed by atoms with E-state index in [4.69, 9.17) is 27.9 Å². The molecule has 0 saturated heterocycles. The summed E-state index contributed by atoms with van der Waals surface area (Å²) in [6, 6.07) is 21.9. The number of aliphatic carboxylic acids is 1. The minimum absolute atomic E-state index is 0.0522. The number of para-hydroxylation sites is 1. The van der Waals surface area contributed by atoms with Crippen LogP contribution in [0.25, 0.3) is 5.03 Å². The first-order valence-corrected chi connectivity index (χ1v) is 11.6. The molecule has 3 atom stereocenters. The number of nitrogens with zero attached hydrogens (tertiary/aromatic N) is 1. The summed E-state index contributed by atoms with van der Waals surface area (Å²) in [6.07, 6.45) is 1.62. The smallest absolute Gasteiger partial charge is 0.311 e. The molecule has 0 amide bonds. The summed E-state index contributed by atoms with van der Waals surface area (Å²) in [4.78, 5) is 12.7. The molecule has 0 aromatic heterocycles. The van der Waals surface area contributed by atoms with Crippen LogP contribution in [0.4, 0.5) is 4.39 Å². The van der Waals surface area contributed by atoms with Gasteiger partial charge in [0.05, 0.1) is 11.5 Å². The number of halogens is 3. The minimum atomic E-state index is -1.40. The van der Waals surface area contributed by atoms with Gasteiger partial charge in [0.15, 0.2) is 11.6 Å². The Morgan fingerprint density at radius 3 is 2.37 bits per heavy atom. The second-order valence-corrected chi connectivity index (χ2v) is 9.81. The Balaban J connectivity index is 1.92. The molecule has 3 unspecified atom stereocenters. The highest BCUT2D eigenvalue weighted by atomic mass is 35.5. The number of ether oxygens (including phenoxy) is 1. The van der Waals surface area contributed by atoms with Gasteiger partial charge in [0, 0.05) is 27.3 Å². The van der Waals surface area contributed by atoms with Crippen molar-refractivity contribution in [2.75, 3.05) is 0 Å². The summed E-state index contributed by atoms with van der Waals surface area (Å²) < 4.78 is 20.5. The molecule has 0 heterocycles. The monoisotopic (exact) mass is 509 g/mol. The average Bonchev–Trinajstić information content (AvgIpc) is 3.26. The average molecular weight is 510 g/mol. The molecule has 0 aliphatic heterocycles. The van der Waals surface area contributed by atoms with E-state index in [2.05, 4.69) is 6.07 Å². The first-order valence-electron chi connectivity index (χ1n) is 10.9. The zero-order valence-electron chi connectivity index (χ0n) is 19.1. The molecule has 1 saturated carbocycles. The van der Waals surface area contributed by atoms with Crippen LogP contribution < -0.4 is 4.74 Å². The molecule has 178 valence electrons. The van der Waals surface area contributed by atoms with Gasteiger partial charge in [-0.05, 0) is 54.4 Å². The van der Waals surface area contributed by atoms with E-state index < -0.39 is 28.0 Å². The Labute approximate surface area is 213 Å². The second-order valence-electron chi connectivity index (χ2n) is 8.96. The van der Waals surface area contributed by atoms with Crippen molar-refractivity contribution in [2.24, 2.45) is 10.8 Å². The molecule has 3 aromatic carbocycles. The van der Waals surface area contributed by atoms with Gasteiger partial charge < -0.3 is 9.84 Å². The summed E-state index contributed by atoms with van der Waals surface area (Å²) in [5, 5.41) is 20.8. The lowest BCUT2D eigenvalue weighted by Gasteiger charge is -2.21. The van der Waals surface area contributed by atoms with E-state index in [1.807, 2.05) is 6.07 Å². The molecule has 0 spiro atoms. The van der Waals surface area contributed by atoms with Crippen molar-refractivity contribution in [1.82, 2.24) is 0 Å². The van der Waals surface area contributed by atoms with Gasteiger partial charge in [-0.1, -0.05) is 72.6 Å². The quantitative estimate of drug-likeness (QED) is 0.352. The van der Waals surface area contributed by atoms with Crippen LogP contribution in [0.15, 0.2) is 78.9 Å². The molecule has 1 fully saturated rings. The standard InChI is InChI=1S/C28H22Cl2FNO3/c1-26(14-15-32)27(2,25(33)34)28(26,17-22(30)18-8-11-20(29)12-9-18)19-10-13-23(31)24(16-19)35-21-6-4-3-5-7-21/h3-13,16-17H,14H2,1-2H3,(H,33,34). The molecular weight excluding hydrogens is 488 g/mol. The van der Waals surface area contributed by atoms with Gasteiger partial charge in [0.25, 0.3) is 0 Å². The van der Waals surface area contributed by atoms with E-state index in [1.54, 1.807) is 68.5 Å². The van der Waals surface area contributed by atoms with E-state index in [0.29, 0.717) is 26.9 Å². The second kappa shape index (κ2) is 9.03. The van der Waals surface area contributed by atoms with Gasteiger partial charge in [-0.15, -0.1) is 0 Å². The van der Waals surface area contributed by atoms with E-state index in [-0.39, 0.29) is 12.2 Å². The Kier molecular flexibility index (Phi) is 6.40. The number of carbonyl (C=O) groups is 1. The van der Waals surface area contributed by atoms with Gasteiger partial charge in [0.1, 0.15) is 5.75 Å². The fourth-order valence-corrected chi connectivity index (χ4v) is 5.63. The lowest BCUT2D eigenvalue weighted by Crippen LogP contribution is -2.22. The fraction of sp³-hybridized carbons (Fsp3) is 0.214. The van der Waals surface area contributed by atoms with Crippen molar-refractivity contribution in [1.29, 1.82) is 5.26 Å². The molecule has 0 bridgehead atoms. The number of allylic oxidation sites excluding steroid dienone is 1. The summed E-state index contributed by atoms with van der Waals surface area (Å²) >= 11 is 12.7. The highest BCUT2D eigenvalue weighted by Gasteiger charge is 2.85. The van der Waals surface area contributed by atoms with Crippen molar-refractivity contribution < 1.29 is 19.0 Å². The molecule has 7 heteroatoms. The van der Waals surface area contributed by atoms with Crippen LogP contribution in [-0.2, 0) is 10.2 Å². The SMILES string of the molecule is CC1(CC#N)C(C)(C(=O)O)C1(C=C(Cl)c1ccc(Cl)cc1)c1ccc(F)c(Oc2ccccc2)c1. The number of benzene rings is 3. The number of rotatable bonds is 7. The first kappa shape index (κ1) is 24.8. The largest absolute Gasteiger partial charge is 0.481 e. The predicted molar refractivity (Wildman–Crippen MR) is 134 cm³/mol. The molecule has 35 heavy (non-hydrogen) atoms. The van der Waals surface area contributed by atoms with E-state index in [0.717, 1.165) is 0 Å². The molecule has 3 aromatic rings. The van der Waals surface area contributed by atoms with Crippen LogP contribution in [0, 0.1) is 28.0 Å². The molecular formula is C28H22Cl2FNO3. The third kappa shape index (κ3) is 3.78. The minimum Gasteiger partial charge on any atom is -0.481 e. The molecule has 1 N–H and O–H groups in total. The molecule has 1 aliphatic carbocycles. The van der Waals surface area contributed by atoms with Gasteiger partial charge in [-0.25, -0.2) is 4.39 Å². The number of hydrogen-bond acceptors (Lipinski definition) is 3. The normalized spacial score (nSPS) is 25.5. The maximum absolute atomic E-state index is 14.8. The lowest BCUT2D eigenvalue weighted by molar-refractivity contribution is -0.144. The summed E-state index contributed by atoms with van der Waals surface area (Å²) in [5.41, 5.74) is -2.53. The molecule has 0 radical (unpaired) electrons. The zero-order chi connectivity index (χ0) is 25.4. The Morgan fingerprint density at radius 2 is 1.77 bits per heavy atom. The fourth-order valence-electron chi connectivity index (χ4n) is 5.22. The van der Waals surface area contributed by atoms with E-state index in [1.165, 1.54) is 18.2 Å². The van der Waals surface area contributed by atoms with Crippen LogP contribution in [0.1, 0.15) is 31.4 Å². The highest BCUT2D eigenvalue weighted by Crippen LogP contribution is 2.81. The Bertz CT molecular complexity index is 1350. The van der Waals surface area contributed by atoms with Crippen LogP contribution in [0.5, 0.6) is 11.5 Å². The third-order valence-corrected chi connectivity index (χ3v) is 7.96. The van der Waals surface area contributed by atoms with Crippen molar-refractivity contribution in [3.63, 3.8) is 0 Å². The maximum Gasteiger partial charge on any atom is 0.311 e. The van der Waals surface area contributed by atoms with E-state index >= 15 is 0 Å². The van der Waals surface area contributed by atoms with Gasteiger partial charge in [-0.2, -0.15) is 5.26 Å². The topological polar surface area (TPSA) is 70.3 Å². The molecule has 1 aliphatic rings. The van der Waals surface area contributed by atoms with Crippen molar-refractivity contribution in [2.45, 2.75) is 25.7 Å². The molecule has 4 nitrogen and oxygen atoms in total. The van der Waals surface area contributed by atoms with Crippen molar-refractivity contribution >= 4 is 34.2 Å². The number of nitriles is 1. The van der Waals surface area contributed by atoms with Crippen LogP contribution in [0.2, 0.25) is 5.02 Å². The summed E-state index contributed by atoms with van der Waals surface area (Å²) in [6.45, 7) is 3.34. The van der Waals surface area contributed by atoms with Crippen molar-refractivity contribution in [3.8, 4) is 17.6 Å². The van der Waals surface area contributed by atoms with Crippen LogP contribution >= 0.6 is 23.2 Å². The number of hydrogen-bond donors (Lipinski definition) is 1. The maximum atomic E-state index is 14.8. The van der Waals surface area contributed by atoms with Crippen LogP contribution in [-0.4, -0.2) is 11.1 Å². The zero-order valence-corrected chi connectivity index (χ0v) is 20.6. The number of carboxylic acid groups (broad SMARTS) is 1. The Hall–Kier alpha value is -3.33. The van der Waals surface area contributed by atoms with Crippen molar-refractivity contribution in [3.05, 3.63) is 101 Å². The summed E-state index contributed by atoms with van der Waals surface area (Å²) in [5.74, 6) is -1.30. The summed E-state index contributed by atoms with van der Waals surface area (Å²) in [7, 11) is 0. The lowest BCUT2D eigenvalue weighted by atomic mass is 9.83. The highest BCUT2D eigenvalue weighted by molar-refractivity contribution is 6.49. The van der Waals surface area contributed by atoms with Crippen LogP contribution in [0.3, 0.4) is 0 Å². The van der Waals surface area contributed by atoms with Gasteiger partial charge in [0.2, 0.25) is 0 Å². The third-order valence-electron chi connectivity index (χ3n) is 7.38. The predicted octanol–water partition coefficient (Wildman–Crippen LogP) is 7.81. The first-order chi connectivity index (χ1) is 16.6. The van der Waals surface area contributed by atoms with E-state index in [9.17, 15) is 19.6 Å².